The van der Waals surface area contributed by atoms with Gasteiger partial charge in [-0.3, -0.25) is 19.3 Å². The van der Waals surface area contributed by atoms with Gasteiger partial charge in [-0.05, 0) is 30.8 Å². The molecule has 2 aliphatic rings. The average molecular weight is 578 g/mol. The zero-order valence-corrected chi connectivity index (χ0v) is 22.6. The summed E-state index contributed by atoms with van der Waals surface area (Å²) in [5, 5.41) is 11.3. The molecule has 2 amide bonds. The van der Waals surface area contributed by atoms with Crippen molar-refractivity contribution in [2.45, 2.75) is 31.8 Å². The van der Waals surface area contributed by atoms with Crippen molar-refractivity contribution in [2.75, 3.05) is 49.7 Å². The fourth-order valence-corrected chi connectivity index (χ4v) is 4.65. The molecule has 2 heterocycles. The molecule has 4 rings (SSSR count). The van der Waals surface area contributed by atoms with Gasteiger partial charge in [0, 0.05) is 44.5 Å². The Labute approximate surface area is 234 Å². The maximum absolute atomic E-state index is 15.2. The third-order valence-electron chi connectivity index (χ3n) is 6.63. The van der Waals surface area contributed by atoms with Gasteiger partial charge >= 0.3 is 6.09 Å². The molecule has 0 aromatic heterocycles. The van der Waals surface area contributed by atoms with Gasteiger partial charge in [-0.15, -0.1) is 0 Å². The van der Waals surface area contributed by atoms with E-state index in [0.29, 0.717) is 17.9 Å². The fourth-order valence-electron chi connectivity index (χ4n) is 4.53. The molecule has 2 aromatic carbocycles. The number of carbonyl (C=O) groups is 3. The second-order valence-corrected chi connectivity index (χ2v) is 9.70. The van der Waals surface area contributed by atoms with Gasteiger partial charge in [0.1, 0.15) is 17.5 Å². The van der Waals surface area contributed by atoms with Gasteiger partial charge in [-0.2, -0.15) is 0 Å². The summed E-state index contributed by atoms with van der Waals surface area (Å²) in [6, 6.07) is 8.20. The van der Waals surface area contributed by atoms with Crippen molar-refractivity contribution >= 4 is 46.4 Å². The second-order valence-electron chi connectivity index (χ2n) is 9.25. The number of hydrogen-bond donors (Lipinski definition) is 1. The molecule has 13 heteroatoms. The number of phenolic OH excluding ortho intramolecular Hbond substituents is 1. The third-order valence-corrected chi connectivity index (χ3v) is 7.00. The van der Waals surface area contributed by atoms with Crippen LogP contribution in [0, 0.1) is 11.6 Å². The highest BCUT2D eigenvalue weighted by atomic mass is 32.1. The van der Waals surface area contributed by atoms with Crippen LogP contribution >= 0.6 is 12.2 Å². The molecule has 1 atom stereocenters. The largest absolute Gasteiger partial charge is 0.507 e. The first-order valence-electron chi connectivity index (χ1n) is 12.7. The summed E-state index contributed by atoms with van der Waals surface area (Å²) in [6.45, 7) is 0.266. The molecule has 10 nitrogen and oxygen atoms in total. The number of ether oxygens (including phenoxy) is 2. The van der Waals surface area contributed by atoms with Gasteiger partial charge in [0.15, 0.2) is 22.5 Å². The standard InChI is InChI=1S/C27H29F2N3O7S/c1-37-25(40)9-6-18-16-31(27(36)39-18)17-14-20(28)26(21(29)15-17)30-10-11-32(38-13-12-30)24(35)8-7-23(34)19-4-2-3-5-22(19)33/h2-5,14-15,18,33H,6-13,16H2,1H3/t18-/m0/s1. The van der Waals surface area contributed by atoms with Crippen molar-refractivity contribution in [3.05, 3.63) is 53.6 Å². The number of carbonyl (C=O) groups excluding carboxylic acids is 3. The average Bonchev–Trinajstić information content (AvgIpc) is 3.14. The monoisotopic (exact) mass is 577 g/mol. The number of thiocarbonyl (C=S) groups is 1. The van der Waals surface area contributed by atoms with Crippen LogP contribution in [0.4, 0.5) is 25.0 Å². The zero-order chi connectivity index (χ0) is 28.8. The lowest BCUT2D eigenvalue weighted by Gasteiger charge is -2.24. The van der Waals surface area contributed by atoms with Crippen LogP contribution in [0.1, 0.15) is 36.0 Å². The van der Waals surface area contributed by atoms with Gasteiger partial charge in [-0.1, -0.05) is 12.1 Å². The highest BCUT2D eigenvalue weighted by Crippen LogP contribution is 2.32. The van der Waals surface area contributed by atoms with Crippen LogP contribution in [0.15, 0.2) is 36.4 Å². The Bertz CT molecular complexity index is 1270. The predicted molar refractivity (Wildman–Crippen MR) is 144 cm³/mol. The number of nitrogens with zero attached hydrogens (tertiary/aromatic N) is 3. The van der Waals surface area contributed by atoms with Gasteiger partial charge in [0.2, 0.25) is 5.91 Å². The van der Waals surface area contributed by atoms with E-state index in [4.69, 9.17) is 26.5 Å². The molecule has 214 valence electrons. The normalized spacial score (nSPS) is 17.4. The Balaban J connectivity index is 1.35. The second kappa shape index (κ2) is 13.0. The van der Waals surface area contributed by atoms with E-state index in [0.717, 1.165) is 17.2 Å². The number of amides is 2. The number of aromatic hydroxyl groups is 1. The Hall–Kier alpha value is -3.84. The number of ketones is 1. The quantitative estimate of drug-likeness (QED) is 0.350. The Morgan fingerprint density at radius 2 is 1.82 bits per heavy atom. The van der Waals surface area contributed by atoms with Crippen molar-refractivity contribution < 1.29 is 42.6 Å². The molecule has 0 bridgehead atoms. The highest BCUT2D eigenvalue weighted by Gasteiger charge is 2.34. The minimum atomic E-state index is -0.875. The first kappa shape index (κ1) is 29.2. The summed E-state index contributed by atoms with van der Waals surface area (Å²) in [6.07, 6.45) is -0.671. The van der Waals surface area contributed by atoms with Crippen LogP contribution in [0.5, 0.6) is 5.75 Å². The summed E-state index contributed by atoms with van der Waals surface area (Å²) < 4.78 is 40.6. The number of para-hydroxylation sites is 1. The number of methoxy groups -OCH3 is 1. The van der Waals surface area contributed by atoms with Crippen LogP contribution in [-0.4, -0.2) is 79.0 Å². The van der Waals surface area contributed by atoms with Crippen molar-refractivity contribution in [3.8, 4) is 5.75 Å². The molecule has 0 radical (unpaired) electrons. The molecule has 2 aliphatic heterocycles. The summed E-state index contributed by atoms with van der Waals surface area (Å²) >= 11 is 5.00. The number of Topliss-reactive ketones (excluding diaryl/α,β-unsaturated/α-hetero) is 1. The minimum absolute atomic E-state index is 0.00765. The van der Waals surface area contributed by atoms with Crippen LogP contribution in [0.2, 0.25) is 0 Å². The molecule has 2 fully saturated rings. The van der Waals surface area contributed by atoms with Crippen LogP contribution in [0.3, 0.4) is 0 Å². The number of hydroxylamine groups is 2. The molecule has 0 spiro atoms. The van der Waals surface area contributed by atoms with E-state index in [1.54, 1.807) is 12.1 Å². The van der Waals surface area contributed by atoms with Crippen molar-refractivity contribution in [1.29, 1.82) is 0 Å². The van der Waals surface area contributed by atoms with Gasteiger partial charge < -0.3 is 19.5 Å². The molecule has 40 heavy (non-hydrogen) atoms. The summed E-state index contributed by atoms with van der Waals surface area (Å²) in [5.74, 6) is -2.77. The number of hydrogen-bond acceptors (Lipinski definition) is 9. The first-order chi connectivity index (χ1) is 19.2. The van der Waals surface area contributed by atoms with Gasteiger partial charge in [-0.25, -0.2) is 18.6 Å². The number of phenols is 1. The number of halogens is 2. The van der Waals surface area contributed by atoms with Crippen molar-refractivity contribution in [1.82, 2.24) is 5.06 Å². The van der Waals surface area contributed by atoms with E-state index in [1.165, 1.54) is 29.0 Å². The minimum Gasteiger partial charge on any atom is -0.507 e. The molecule has 0 saturated carbocycles. The lowest BCUT2D eigenvalue weighted by molar-refractivity contribution is -0.181. The van der Waals surface area contributed by atoms with Crippen LogP contribution < -0.4 is 9.80 Å². The maximum atomic E-state index is 15.2. The van der Waals surface area contributed by atoms with Gasteiger partial charge in [0.25, 0.3) is 0 Å². The summed E-state index contributed by atoms with van der Waals surface area (Å²) in [4.78, 5) is 45.4. The summed E-state index contributed by atoms with van der Waals surface area (Å²) in [7, 11) is 1.46. The molecule has 2 aromatic rings. The lowest BCUT2D eigenvalue weighted by Crippen LogP contribution is -2.35. The SMILES string of the molecule is COC(=S)CC[C@H]1CN(c2cc(F)c(N3CCON(C(=O)CCC(=O)c4ccccc4O)CC3)c(F)c2)C(=O)O1. The molecular formula is C27H29F2N3O7S. The number of anilines is 2. The van der Waals surface area contributed by atoms with E-state index in [9.17, 15) is 19.5 Å². The van der Waals surface area contributed by atoms with E-state index >= 15 is 8.78 Å². The summed E-state index contributed by atoms with van der Waals surface area (Å²) in [5.41, 5.74) is -0.149. The smallest absolute Gasteiger partial charge is 0.414 e. The number of cyclic esters (lactones) is 1. The predicted octanol–water partition coefficient (Wildman–Crippen LogP) is 3.99. The van der Waals surface area contributed by atoms with Crippen LogP contribution in [0.25, 0.3) is 0 Å². The molecule has 2 saturated heterocycles. The molecule has 0 unspecified atom stereocenters. The highest BCUT2D eigenvalue weighted by molar-refractivity contribution is 7.80. The molecule has 0 aliphatic carbocycles. The molecular weight excluding hydrogens is 548 g/mol. The zero-order valence-electron chi connectivity index (χ0n) is 21.8. The van der Waals surface area contributed by atoms with Crippen molar-refractivity contribution in [3.63, 3.8) is 0 Å². The lowest BCUT2D eigenvalue weighted by atomic mass is 10.1. The van der Waals surface area contributed by atoms with E-state index in [1.807, 2.05) is 0 Å². The molecule has 1 N–H and O–H groups in total. The Kier molecular flexibility index (Phi) is 9.48. The Morgan fingerprint density at radius 3 is 2.52 bits per heavy atom. The maximum Gasteiger partial charge on any atom is 0.414 e. The first-order valence-corrected chi connectivity index (χ1v) is 13.1. The van der Waals surface area contributed by atoms with Crippen molar-refractivity contribution in [2.24, 2.45) is 0 Å². The fraction of sp³-hybridized carbons (Fsp3) is 0.407. The van der Waals surface area contributed by atoms with E-state index in [2.05, 4.69) is 0 Å². The van der Waals surface area contributed by atoms with E-state index < -0.39 is 35.5 Å². The number of benzene rings is 2. The Morgan fingerprint density at radius 1 is 1.10 bits per heavy atom. The third kappa shape index (κ3) is 6.83. The van der Waals surface area contributed by atoms with E-state index in [-0.39, 0.29) is 68.3 Å². The number of rotatable bonds is 9. The topological polar surface area (TPSA) is 109 Å². The van der Waals surface area contributed by atoms with Crippen LogP contribution in [-0.2, 0) is 19.1 Å². The van der Waals surface area contributed by atoms with Gasteiger partial charge in [0.05, 0.1) is 38.1 Å².